The van der Waals surface area contributed by atoms with E-state index in [9.17, 15) is 9.59 Å². The molecule has 0 saturated carbocycles. The standard InChI is InChI=1S/C30H33N3O4/c1-36-24-10-7-20-14-23(9-6-21(20)15-24)32-29(35)26-17-37-13-12-30(26)18-33(19-30)28(34)11-8-22-16-31-27-5-3-2-4-25(22)27/h2-5,7-8,10-11,15-16,23,26,31H,6,9,12-14,17-19H2,1H3,(H,32,35)/b11-8+. The van der Waals surface area contributed by atoms with E-state index in [0.717, 1.165) is 47.9 Å². The Morgan fingerprint density at radius 3 is 2.92 bits per heavy atom. The quantitative estimate of drug-likeness (QED) is 0.524. The van der Waals surface area contributed by atoms with Gasteiger partial charge in [-0.3, -0.25) is 9.59 Å². The number of hydrogen-bond acceptors (Lipinski definition) is 4. The molecule has 7 heteroatoms. The van der Waals surface area contributed by atoms with E-state index in [2.05, 4.69) is 22.4 Å². The molecule has 2 saturated heterocycles. The Morgan fingerprint density at radius 1 is 1.19 bits per heavy atom. The molecule has 2 aliphatic heterocycles. The van der Waals surface area contributed by atoms with Crippen LogP contribution in [0.1, 0.15) is 29.5 Å². The SMILES string of the molecule is COc1ccc2c(c1)CCC(NC(=O)C1COCCC13CN(C(=O)/C=C/c1c[nH]c4ccccc14)C3)C2. The van der Waals surface area contributed by atoms with Crippen LogP contribution in [0.4, 0.5) is 0 Å². The molecule has 2 unspecified atom stereocenters. The molecule has 0 bridgehead atoms. The second-order valence-electron chi connectivity index (χ2n) is 10.6. The Morgan fingerprint density at radius 2 is 2.05 bits per heavy atom. The number of nitrogens with zero attached hydrogens (tertiary/aromatic N) is 1. The summed E-state index contributed by atoms with van der Waals surface area (Å²) < 4.78 is 11.1. The van der Waals surface area contributed by atoms with E-state index in [-0.39, 0.29) is 29.2 Å². The van der Waals surface area contributed by atoms with Crippen molar-refractivity contribution >= 4 is 28.8 Å². The van der Waals surface area contributed by atoms with Gasteiger partial charge in [0.15, 0.2) is 0 Å². The molecular weight excluding hydrogens is 466 g/mol. The van der Waals surface area contributed by atoms with Gasteiger partial charge in [0.1, 0.15) is 5.75 Å². The lowest BCUT2D eigenvalue weighted by Crippen LogP contribution is -2.66. The lowest BCUT2D eigenvalue weighted by Gasteiger charge is -2.55. The molecule has 1 aromatic heterocycles. The van der Waals surface area contributed by atoms with Crippen molar-refractivity contribution in [1.29, 1.82) is 0 Å². The number of para-hydroxylation sites is 1. The maximum atomic E-state index is 13.4. The number of aromatic amines is 1. The fourth-order valence-corrected chi connectivity index (χ4v) is 6.21. The highest BCUT2D eigenvalue weighted by molar-refractivity contribution is 5.96. The van der Waals surface area contributed by atoms with Gasteiger partial charge in [0.2, 0.25) is 11.8 Å². The van der Waals surface area contributed by atoms with Crippen molar-refractivity contribution in [3.63, 3.8) is 0 Å². The number of hydrogen-bond donors (Lipinski definition) is 2. The van der Waals surface area contributed by atoms with E-state index in [1.807, 2.05) is 47.5 Å². The molecule has 2 aromatic carbocycles. The van der Waals surface area contributed by atoms with Gasteiger partial charge in [-0.05, 0) is 66.6 Å². The first-order valence-corrected chi connectivity index (χ1v) is 13.1. The van der Waals surface area contributed by atoms with Crippen molar-refractivity contribution < 1.29 is 19.1 Å². The Kier molecular flexibility index (Phi) is 6.24. The molecular formula is C30H33N3O4. The largest absolute Gasteiger partial charge is 0.497 e. The Balaban J connectivity index is 1.08. The Hall–Kier alpha value is -3.58. The summed E-state index contributed by atoms with van der Waals surface area (Å²) in [5.41, 5.74) is 4.42. The van der Waals surface area contributed by atoms with Gasteiger partial charge in [-0.1, -0.05) is 24.3 Å². The van der Waals surface area contributed by atoms with Crippen LogP contribution in [0.5, 0.6) is 5.75 Å². The van der Waals surface area contributed by atoms with Gasteiger partial charge in [-0.15, -0.1) is 0 Å². The molecule has 2 fully saturated rings. The maximum Gasteiger partial charge on any atom is 0.246 e. The van der Waals surface area contributed by atoms with E-state index in [0.29, 0.717) is 26.3 Å². The van der Waals surface area contributed by atoms with Crippen LogP contribution in [0.2, 0.25) is 0 Å². The second-order valence-corrected chi connectivity index (χ2v) is 10.6. The van der Waals surface area contributed by atoms with Crippen molar-refractivity contribution in [3.8, 4) is 5.75 Å². The van der Waals surface area contributed by atoms with Crippen LogP contribution >= 0.6 is 0 Å². The number of nitrogens with one attached hydrogen (secondary N) is 2. The molecule has 3 aliphatic rings. The average Bonchev–Trinajstić information content (AvgIpc) is 3.33. The summed E-state index contributed by atoms with van der Waals surface area (Å²) in [5, 5.41) is 4.41. The van der Waals surface area contributed by atoms with Crippen molar-refractivity contribution in [3.05, 3.63) is 71.4 Å². The highest BCUT2D eigenvalue weighted by atomic mass is 16.5. The molecule has 2 amide bonds. The highest BCUT2D eigenvalue weighted by Gasteiger charge is 2.54. The summed E-state index contributed by atoms with van der Waals surface area (Å²) in [5.74, 6) is 0.687. The summed E-state index contributed by atoms with van der Waals surface area (Å²) in [6, 6.07) is 14.4. The predicted octanol–water partition coefficient (Wildman–Crippen LogP) is 3.73. The van der Waals surface area contributed by atoms with E-state index in [4.69, 9.17) is 9.47 Å². The number of amides is 2. The van der Waals surface area contributed by atoms with Gasteiger partial charge < -0.3 is 24.7 Å². The minimum Gasteiger partial charge on any atom is -0.497 e. The number of likely N-dealkylation sites (tertiary alicyclic amines) is 1. The number of benzene rings is 2. The number of ether oxygens (including phenoxy) is 2. The number of aromatic nitrogens is 1. The second kappa shape index (κ2) is 9.71. The molecule has 2 N–H and O–H groups in total. The Bertz CT molecular complexity index is 1350. The molecule has 0 radical (unpaired) electrons. The van der Waals surface area contributed by atoms with Gasteiger partial charge in [0, 0.05) is 54.3 Å². The third-order valence-corrected chi connectivity index (χ3v) is 8.42. The number of carbonyl (C=O) groups excluding carboxylic acids is 2. The van der Waals surface area contributed by atoms with Gasteiger partial charge in [-0.2, -0.15) is 0 Å². The van der Waals surface area contributed by atoms with Crippen molar-refractivity contribution in [2.75, 3.05) is 33.4 Å². The number of H-pyrrole nitrogens is 1. The summed E-state index contributed by atoms with van der Waals surface area (Å²) in [7, 11) is 1.69. The monoisotopic (exact) mass is 499 g/mol. The van der Waals surface area contributed by atoms with Gasteiger partial charge >= 0.3 is 0 Å². The van der Waals surface area contributed by atoms with E-state index >= 15 is 0 Å². The van der Waals surface area contributed by atoms with E-state index < -0.39 is 0 Å². The first-order valence-electron chi connectivity index (χ1n) is 13.1. The molecule has 1 spiro atoms. The molecule has 2 atom stereocenters. The topological polar surface area (TPSA) is 83.7 Å². The van der Waals surface area contributed by atoms with Crippen LogP contribution in [-0.4, -0.2) is 61.2 Å². The van der Waals surface area contributed by atoms with Crippen molar-refractivity contribution in [2.45, 2.75) is 31.7 Å². The first-order chi connectivity index (χ1) is 18.0. The first kappa shape index (κ1) is 23.8. The lowest BCUT2D eigenvalue weighted by atomic mass is 9.65. The highest BCUT2D eigenvalue weighted by Crippen LogP contribution is 2.44. The number of methoxy groups -OCH3 is 1. The molecule has 6 rings (SSSR count). The van der Waals surface area contributed by atoms with Gasteiger partial charge in [0.25, 0.3) is 0 Å². The zero-order chi connectivity index (χ0) is 25.4. The van der Waals surface area contributed by atoms with Crippen LogP contribution in [0.25, 0.3) is 17.0 Å². The fraction of sp³-hybridized carbons (Fsp3) is 0.400. The summed E-state index contributed by atoms with van der Waals surface area (Å²) in [6.45, 7) is 2.24. The van der Waals surface area contributed by atoms with Crippen molar-refractivity contribution in [2.24, 2.45) is 11.3 Å². The summed E-state index contributed by atoms with van der Waals surface area (Å²) in [6.07, 6.45) is 8.90. The molecule has 7 nitrogen and oxygen atoms in total. The van der Waals surface area contributed by atoms with Crippen LogP contribution < -0.4 is 10.1 Å². The van der Waals surface area contributed by atoms with E-state index in [1.54, 1.807) is 13.2 Å². The molecule has 3 aromatic rings. The smallest absolute Gasteiger partial charge is 0.246 e. The third kappa shape index (κ3) is 4.53. The van der Waals surface area contributed by atoms with Gasteiger partial charge in [0.05, 0.1) is 19.6 Å². The van der Waals surface area contributed by atoms with Gasteiger partial charge in [-0.25, -0.2) is 0 Å². The van der Waals surface area contributed by atoms with Crippen LogP contribution in [0, 0.1) is 11.3 Å². The summed E-state index contributed by atoms with van der Waals surface area (Å²) in [4.78, 5) is 31.5. The molecule has 3 heterocycles. The van der Waals surface area contributed by atoms with Crippen LogP contribution in [-0.2, 0) is 27.2 Å². The number of rotatable bonds is 5. The third-order valence-electron chi connectivity index (χ3n) is 8.42. The number of carbonyl (C=O) groups is 2. The summed E-state index contributed by atoms with van der Waals surface area (Å²) >= 11 is 0. The zero-order valence-electron chi connectivity index (χ0n) is 21.2. The minimum atomic E-state index is -0.236. The van der Waals surface area contributed by atoms with E-state index in [1.165, 1.54) is 11.1 Å². The fourth-order valence-electron chi connectivity index (χ4n) is 6.21. The molecule has 37 heavy (non-hydrogen) atoms. The van der Waals surface area contributed by atoms with Crippen molar-refractivity contribution in [1.82, 2.24) is 15.2 Å². The average molecular weight is 500 g/mol. The maximum absolute atomic E-state index is 13.4. The number of fused-ring (bicyclic) bond motifs is 2. The lowest BCUT2D eigenvalue weighted by molar-refractivity contribution is -0.166. The molecule has 192 valence electrons. The van der Waals surface area contributed by atoms with Crippen LogP contribution in [0.15, 0.2) is 54.7 Å². The predicted molar refractivity (Wildman–Crippen MR) is 142 cm³/mol. The number of aryl methyl sites for hydroxylation is 1. The van der Waals surface area contributed by atoms with Crippen LogP contribution in [0.3, 0.4) is 0 Å². The normalized spacial score (nSPS) is 22.6. The zero-order valence-corrected chi connectivity index (χ0v) is 21.2. The molecule has 1 aliphatic carbocycles. The Labute approximate surface area is 216 Å². The minimum absolute atomic E-state index is 0.0131.